The summed E-state index contributed by atoms with van der Waals surface area (Å²) in [6, 6.07) is 16.6. The van der Waals surface area contributed by atoms with Crippen LogP contribution < -0.4 is 4.74 Å². The molecular weight excluding hydrogens is 264 g/mol. The van der Waals surface area contributed by atoms with Crippen molar-refractivity contribution in [2.75, 3.05) is 7.11 Å². The second kappa shape index (κ2) is 5.17. The normalized spacial score (nSPS) is 10.1. The Kier molecular flexibility index (Phi) is 3.62. The Morgan fingerprint density at radius 2 is 1.75 bits per heavy atom. The molecule has 0 aliphatic heterocycles. The van der Waals surface area contributed by atoms with Crippen molar-refractivity contribution in [3.05, 3.63) is 64.1 Å². The van der Waals surface area contributed by atoms with E-state index in [0.29, 0.717) is 0 Å². The minimum Gasteiger partial charge on any atom is -0.497 e. The Balaban J connectivity index is 2.14. The highest BCUT2D eigenvalue weighted by atomic mass is 79.9. The fourth-order valence-corrected chi connectivity index (χ4v) is 2.07. The summed E-state index contributed by atoms with van der Waals surface area (Å²) in [5, 5.41) is 0. The fourth-order valence-electron chi connectivity index (χ4n) is 1.63. The number of rotatable bonds is 3. The first-order valence-electron chi connectivity index (χ1n) is 5.15. The molecule has 82 valence electrons. The monoisotopic (exact) mass is 276 g/mol. The van der Waals surface area contributed by atoms with E-state index in [2.05, 4.69) is 46.3 Å². The Morgan fingerprint density at radius 3 is 2.38 bits per heavy atom. The van der Waals surface area contributed by atoms with Crippen LogP contribution >= 0.6 is 15.9 Å². The summed E-state index contributed by atoms with van der Waals surface area (Å²) in [5.74, 6) is 0.901. The van der Waals surface area contributed by atoms with Crippen LogP contribution in [0.1, 0.15) is 11.1 Å². The van der Waals surface area contributed by atoms with Gasteiger partial charge in [-0.2, -0.15) is 0 Å². The van der Waals surface area contributed by atoms with Crippen LogP contribution in [0.25, 0.3) is 0 Å². The summed E-state index contributed by atoms with van der Waals surface area (Å²) in [5.41, 5.74) is 2.60. The minimum absolute atomic E-state index is 0.901. The van der Waals surface area contributed by atoms with Gasteiger partial charge in [-0.25, -0.2) is 0 Å². The molecule has 2 rings (SSSR count). The van der Waals surface area contributed by atoms with Gasteiger partial charge in [0.05, 0.1) is 7.11 Å². The topological polar surface area (TPSA) is 9.23 Å². The number of hydrogen-bond donors (Lipinski definition) is 0. The number of ether oxygens (including phenoxy) is 1. The maximum Gasteiger partial charge on any atom is 0.118 e. The van der Waals surface area contributed by atoms with Crippen LogP contribution in [-0.4, -0.2) is 7.11 Å². The molecule has 0 heterocycles. The zero-order chi connectivity index (χ0) is 11.4. The van der Waals surface area contributed by atoms with Crippen LogP contribution in [-0.2, 0) is 6.42 Å². The third-order valence-corrected chi connectivity index (χ3v) is 2.95. The molecule has 2 aromatic carbocycles. The van der Waals surface area contributed by atoms with Crippen LogP contribution in [0.5, 0.6) is 5.75 Å². The number of halogens is 1. The summed E-state index contributed by atoms with van der Waals surface area (Å²) >= 11 is 3.48. The molecule has 0 saturated carbocycles. The van der Waals surface area contributed by atoms with Gasteiger partial charge in [0.25, 0.3) is 0 Å². The van der Waals surface area contributed by atoms with Crippen LogP contribution in [0.15, 0.2) is 53.0 Å². The zero-order valence-corrected chi connectivity index (χ0v) is 10.7. The standard InChI is InChI=1S/C14H13BrO/c1-16-14-7-5-11(6-8-14)9-12-3-2-4-13(15)10-12/h2-8,10H,9H2,1H3. The molecule has 0 aromatic heterocycles. The zero-order valence-electron chi connectivity index (χ0n) is 9.11. The molecule has 2 aromatic rings. The van der Waals surface area contributed by atoms with Crippen molar-refractivity contribution in [3.8, 4) is 5.75 Å². The molecule has 0 radical (unpaired) electrons. The van der Waals surface area contributed by atoms with Gasteiger partial charge in [-0.05, 0) is 41.8 Å². The van der Waals surface area contributed by atoms with E-state index < -0.39 is 0 Å². The molecule has 0 atom stereocenters. The van der Waals surface area contributed by atoms with Crippen molar-refractivity contribution in [2.45, 2.75) is 6.42 Å². The van der Waals surface area contributed by atoms with Gasteiger partial charge in [-0.3, -0.25) is 0 Å². The quantitative estimate of drug-likeness (QED) is 0.822. The predicted molar refractivity (Wildman–Crippen MR) is 69.9 cm³/mol. The van der Waals surface area contributed by atoms with Gasteiger partial charge in [-0.15, -0.1) is 0 Å². The van der Waals surface area contributed by atoms with E-state index in [0.717, 1.165) is 16.6 Å². The molecule has 0 unspecified atom stereocenters. The lowest BCUT2D eigenvalue weighted by Crippen LogP contribution is -1.88. The largest absolute Gasteiger partial charge is 0.497 e. The maximum atomic E-state index is 5.13. The average molecular weight is 277 g/mol. The summed E-state index contributed by atoms with van der Waals surface area (Å²) in [6.45, 7) is 0. The van der Waals surface area contributed by atoms with E-state index in [-0.39, 0.29) is 0 Å². The molecule has 0 aliphatic carbocycles. The highest BCUT2D eigenvalue weighted by molar-refractivity contribution is 9.10. The van der Waals surface area contributed by atoms with Crippen molar-refractivity contribution in [1.82, 2.24) is 0 Å². The molecule has 0 N–H and O–H groups in total. The van der Waals surface area contributed by atoms with Gasteiger partial charge in [-0.1, -0.05) is 40.2 Å². The summed E-state index contributed by atoms with van der Waals surface area (Å²) in [7, 11) is 1.68. The molecule has 0 fully saturated rings. The molecule has 16 heavy (non-hydrogen) atoms. The van der Waals surface area contributed by atoms with Gasteiger partial charge < -0.3 is 4.74 Å². The number of methoxy groups -OCH3 is 1. The first-order chi connectivity index (χ1) is 7.78. The second-order valence-corrected chi connectivity index (χ2v) is 4.57. The van der Waals surface area contributed by atoms with Crippen LogP contribution in [0.4, 0.5) is 0 Å². The predicted octanol–water partition coefficient (Wildman–Crippen LogP) is 4.05. The van der Waals surface area contributed by atoms with Crippen LogP contribution in [0.2, 0.25) is 0 Å². The minimum atomic E-state index is 0.901. The van der Waals surface area contributed by atoms with Crippen molar-refractivity contribution >= 4 is 15.9 Å². The smallest absolute Gasteiger partial charge is 0.118 e. The average Bonchev–Trinajstić information content (AvgIpc) is 2.30. The van der Waals surface area contributed by atoms with Gasteiger partial charge in [0.2, 0.25) is 0 Å². The molecule has 2 heteroatoms. The van der Waals surface area contributed by atoms with Gasteiger partial charge in [0.15, 0.2) is 0 Å². The highest BCUT2D eigenvalue weighted by Gasteiger charge is 1.97. The van der Waals surface area contributed by atoms with Gasteiger partial charge >= 0.3 is 0 Å². The Labute approximate surface area is 104 Å². The first-order valence-corrected chi connectivity index (χ1v) is 5.94. The third kappa shape index (κ3) is 2.86. The lowest BCUT2D eigenvalue weighted by atomic mass is 10.1. The Hall–Kier alpha value is -1.28. The summed E-state index contributed by atoms with van der Waals surface area (Å²) in [4.78, 5) is 0. The summed E-state index contributed by atoms with van der Waals surface area (Å²) < 4.78 is 6.25. The molecular formula is C14H13BrO. The van der Waals surface area contributed by atoms with Gasteiger partial charge in [0, 0.05) is 4.47 Å². The van der Waals surface area contributed by atoms with E-state index >= 15 is 0 Å². The van der Waals surface area contributed by atoms with Crippen LogP contribution in [0.3, 0.4) is 0 Å². The SMILES string of the molecule is COc1ccc(Cc2cccc(Br)c2)cc1. The van der Waals surface area contributed by atoms with E-state index in [9.17, 15) is 0 Å². The molecule has 0 saturated heterocycles. The van der Waals surface area contributed by atoms with Crippen LogP contribution in [0, 0.1) is 0 Å². The second-order valence-electron chi connectivity index (χ2n) is 3.65. The van der Waals surface area contributed by atoms with Crippen molar-refractivity contribution in [1.29, 1.82) is 0 Å². The maximum absolute atomic E-state index is 5.13. The highest BCUT2D eigenvalue weighted by Crippen LogP contribution is 2.17. The lowest BCUT2D eigenvalue weighted by molar-refractivity contribution is 0.414. The van der Waals surface area contributed by atoms with Crippen molar-refractivity contribution < 1.29 is 4.74 Å². The number of hydrogen-bond acceptors (Lipinski definition) is 1. The Morgan fingerprint density at radius 1 is 1.00 bits per heavy atom. The van der Waals surface area contributed by atoms with Crippen molar-refractivity contribution in [2.24, 2.45) is 0 Å². The first kappa shape index (κ1) is 11.2. The van der Waals surface area contributed by atoms with Gasteiger partial charge in [0.1, 0.15) is 5.75 Å². The van der Waals surface area contributed by atoms with Crippen molar-refractivity contribution in [3.63, 3.8) is 0 Å². The lowest BCUT2D eigenvalue weighted by Gasteiger charge is -2.04. The molecule has 0 spiro atoms. The number of benzene rings is 2. The van der Waals surface area contributed by atoms with E-state index in [1.54, 1.807) is 7.11 Å². The van der Waals surface area contributed by atoms with E-state index in [1.165, 1.54) is 11.1 Å². The van der Waals surface area contributed by atoms with E-state index in [4.69, 9.17) is 4.74 Å². The van der Waals surface area contributed by atoms with E-state index in [1.807, 2.05) is 18.2 Å². The fraction of sp³-hybridized carbons (Fsp3) is 0.143. The summed E-state index contributed by atoms with van der Waals surface area (Å²) in [6.07, 6.45) is 0.948. The molecule has 0 amide bonds. The molecule has 0 bridgehead atoms. The Bertz CT molecular complexity index is 462. The third-order valence-electron chi connectivity index (χ3n) is 2.46. The molecule has 1 nitrogen and oxygen atoms in total. The molecule has 0 aliphatic rings.